The first-order valence-electron chi connectivity index (χ1n) is 9.82. The number of amides is 2. The van der Waals surface area contributed by atoms with E-state index in [2.05, 4.69) is 17.0 Å². The first kappa shape index (κ1) is 18.7. The Morgan fingerprint density at radius 3 is 2.45 bits per heavy atom. The molecular weight excluding hydrogens is 406 g/mol. The number of halogens is 1. The van der Waals surface area contributed by atoms with Crippen LogP contribution in [-0.2, 0) is 9.59 Å². The van der Waals surface area contributed by atoms with Gasteiger partial charge in [-0.2, -0.15) is 0 Å². The Morgan fingerprint density at radius 1 is 1.00 bits per heavy atom. The predicted octanol–water partition coefficient (Wildman–Crippen LogP) is 4.46. The summed E-state index contributed by atoms with van der Waals surface area (Å²) in [7, 11) is 0. The molecule has 1 atom stereocenters. The molecule has 5 rings (SSSR count). The lowest BCUT2D eigenvalue weighted by atomic mass is 9.96. The number of likely N-dealkylation sites (tertiary alicyclic amines) is 1. The van der Waals surface area contributed by atoms with E-state index in [0.29, 0.717) is 16.6 Å². The molecule has 0 radical (unpaired) electrons. The maximum absolute atomic E-state index is 13.0. The van der Waals surface area contributed by atoms with Gasteiger partial charge < -0.3 is 0 Å². The van der Waals surface area contributed by atoms with E-state index in [1.165, 1.54) is 14.6 Å². The van der Waals surface area contributed by atoms with Gasteiger partial charge in [0.1, 0.15) is 0 Å². The van der Waals surface area contributed by atoms with Gasteiger partial charge in [-0.15, -0.1) is 11.3 Å². The van der Waals surface area contributed by atoms with Crippen LogP contribution < -0.4 is 4.90 Å². The van der Waals surface area contributed by atoms with E-state index >= 15 is 0 Å². The van der Waals surface area contributed by atoms with Crippen molar-refractivity contribution in [3.05, 3.63) is 58.6 Å². The van der Waals surface area contributed by atoms with Gasteiger partial charge in [-0.1, -0.05) is 23.7 Å². The molecule has 2 amide bonds. The Balaban J connectivity index is 1.27. The third-order valence-electron chi connectivity index (χ3n) is 5.84. The van der Waals surface area contributed by atoms with Crippen LogP contribution in [-0.4, -0.2) is 40.8 Å². The fourth-order valence-corrected chi connectivity index (χ4v) is 5.55. The number of nitrogens with zero attached hydrogens (tertiary/aromatic N) is 3. The Labute approximate surface area is 177 Å². The van der Waals surface area contributed by atoms with Crippen LogP contribution in [0.5, 0.6) is 0 Å². The number of hydrogen-bond donors (Lipinski definition) is 0. The van der Waals surface area contributed by atoms with E-state index < -0.39 is 0 Å². The van der Waals surface area contributed by atoms with Crippen molar-refractivity contribution in [3.8, 4) is 0 Å². The van der Waals surface area contributed by atoms with Crippen molar-refractivity contribution >= 4 is 50.7 Å². The highest BCUT2D eigenvalue weighted by molar-refractivity contribution is 7.18. The van der Waals surface area contributed by atoms with Crippen LogP contribution in [0.1, 0.15) is 30.2 Å². The Bertz CT molecular complexity index is 1040. The lowest BCUT2D eigenvalue weighted by Crippen LogP contribution is -2.45. The molecule has 0 bridgehead atoms. The fraction of sp³-hybridized carbons (Fsp3) is 0.318. The number of hydrogen-bond acceptors (Lipinski definition) is 5. The van der Waals surface area contributed by atoms with Gasteiger partial charge >= 0.3 is 0 Å². The van der Waals surface area contributed by atoms with Crippen molar-refractivity contribution in [2.24, 2.45) is 0 Å². The highest BCUT2D eigenvalue weighted by Crippen LogP contribution is 2.36. The van der Waals surface area contributed by atoms with Gasteiger partial charge in [0.25, 0.3) is 5.91 Å². The minimum absolute atomic E-state index is 0.129. The van der Waals surface area contributed by atoms with Gasteiger partial charge in [0.05, 0.1) is 33.4 Å². The predicted molar refractivity (Wildman–Crippen MR) is 116 cm³/mol. The summed E-state index contributed by atoms with van der Waals surface area (Å²) in [6.07, 6.45) is 2.16. The number of imide groups is 1. The smallest absolute Gasteiger partial charge is 0.251 e. The zero-order valence-corrected chi connectivity index (χ0v) is 17.3. The second-order valence-corrected chi connectivity index (χ2v) is 9.09. The molecule has 2 fully saturated rings. The molecular formula is C22H20ClN3O2S. The van der Waals surface area contributed by atoms with Crippen LogP contribution >= 0.6 is 22.9 Å². The number of anilines is 1. The molecule has 3 heterocycles. The van der Waals surface area contributed by atoms with Gasteiger partial charge in [-0.05, 0) is 62.3 Å². The third-order valence-corrected chi connectivity index (χ3v) is 7.29. The summed E-state index contributed by atoms with van der Waals surface area (Å²) in [5, 5.41) is 1.77. The van der Waals surface area contributed by atoms with Crippen molar-refractivity contribution in [2.75, 3.05) is 18.0 Å². The average Bonchev–Trinajstić information content (AvgIpc) is 3.30. The van der Waals surface area contributed by atoms with Crippen LogP contribution in [0.15, 0.2) is 48.5 Å². The topological polar surface area (TPSA) is 53.5 Å². The second kappa shape index (κ2) is 7.52. The number of carbonyl (C=O) groups excluding carboxylic acids is 2. The molecule has 2 aliphatic rings. The van der Waals surface area contributed by atoms with Crippen LogP contribution in [0.2, 0.25) is 5.02 Å². The maximum atomic E-state index is 13.0. The monoisotopic (exact) mass is 425 g/mol. The summed E-state index contributed by atoms with van der Waals surface area (Å²) in [5.41, 5.74) is 1.65. The molecule has 2 aliphatic heterocycles. The highest BCUT2D eigenvalue weighted by Gasteiger charge is 2.43. The summed E-state index contributed by atoms with van der Waals surface area (Å²) >= 11 is 7.70. The molecule has 1 aromatic heterocycles. The van der Waals surface area contributed by atoms with Gasteiger partial charge in [-0.25, -0.2) is 9.88 Å². The summed E-state index contributed by atoms with van der Waals surface area (Å²) in [6.45, 7) is 1.61. The van der Waals surface area contributed by atoms with E-state index in [-0.39, 0.29) is 24.3 Å². The molecule has 3 aromatic rings. The van der Waals surface area contributed by atoms with Crippen molar-refractivity contribution < 1.29 is 9.59 Å². The van der Waals surface area contributed by atoms with E-state index in [1.54, 1.807) is 35.6 Å². The van der Waals surface area contributed by atoms with E-state index in [0.717, 1.165) is 31.4 Å². The number of aromatic nitrogens is 1. The van der Waals surface area contributed by atoms with Gasteiger partial charge in [-0.3, -0.25) is 14.5 Å². The normalized spacial score (nSPS) is 21.4. The highest BCUT2D eigenvalue weighted by atomic mass is 35.5. The quantitative estimate of drug-likeness (QED) is 0.581. The number of piperidine rings is 1. The molecule has 0 N–H and O–H groups in total. The Hall–Kier alpha value is -2.28. The first-order valence-corrected chi connectivity index (χ1v) is 11.0. The van der Waals surface area contributed by atoms with E-state index in [4.69, 9.17) is 16.6 Å². The lowest BCUT2D eigenvalue weighted by molar-refractivity contribution is -0.123. The maximum Gasteiger partial charge on any atom is 0.251 e. The van der Waals surface area contributed by atoms with Crippen LogP contribution in [0, 0.1) is 0 Å². The van der Waals surface area contributed by atoms with Crippen molar-refractivity contribution in [3.63, 3.8) is 0 Å². The summed E-state index contributed by atoms with van der Waals surface area (Å²) < 4.78 is 1.22. The molecule has 0 aliphatic carbocycles. The molecule has 0 spiro atoms. The molecule has 2 aromatic carbocycles. The molecule has 2 saturated heterocycles. The number of fused-ring (bicyclic) bond motifs is 1. The van der Waals surface area contributed by atoms with Gasteiger partial charge in [0.15, 0.2) is 0 Å². The van der Waals surface area contributed by atoms with E-state index in [9.17, 15) is 9.59 Å². The summed E-state index contributed by atoms with van der Waals surface area (Å²) in [6, 6.07) is 14.7. The van der Waals surface area contributed by atoms with Crippen LogP contribution in [0.3, 0.4) is 0 Å². The van der Waals surface area contributed by atoms with E-state index in [1.807, 2.05) is 12.1 Å². The molecule has 5 nitrogen and oxygen atoms in total. The third kappa shape index (κ3) is 3.45. The second-order valence-electron chi connectivity index (χ2n) is 7.59. The standard InChI is InChI=1S/C22H20ClN3O2S/c23-15-5-7-16(8-6-15)26-20(27)13-18(22(26)28)25-11-9-14(10-12-25)21-24-17-3-1-2-4-19(17)29-21/h1-8,14,18H,9-13H2. The van der Waals surface area contributed by atoms with Crippen LogP contribution in [0.4, 0.5) is 5.69 Å². The largest absolute Gasteiger partial charge is 0.291 e. The fourth-order valence-electron chi connectivity index (χ4n) is 4.29. The van der Waals surface area contributed by atoms with Gasteiger partial charge in [0, 0.05) is 10.9 Å². The summed E-state index contributed by atoms with van der Waals surface area (Å²) in [5.74, 6) is 0.148. The number of benzene rings is 2. The van der Waals surface area contributed by atoms with Gasteiger partial charge in [0.2, 0.25) is 5.91 Å². The number of thiazole rings is 1. The summed E-state index contributed by atoms with van der Waals surface area (Å²) in [4.78, 5) is 33.8. The zero-order chi connectivity index (χ0) is 20.0. The van der Waals surface area contributed by atoms with Crippen molar-refractivity contribution in [1.29, 1.82) is 0 Å². The number of carbonyl (C=O) groups is 2. The number of para-hydroxylation sites is 1. The molecule has 1 unspecified atom stereocenters. The SMILES string of the molecule is O=C1CC(N2CCC(c3nc4ccccc4s3)CC2)C(=O)N1c1ccc(Cl)cc1. The minimum Gasteiger partial charge on any atom is -0.291 e. The Morgan fingerprint density at radius 2 is 1.72 bits per heavy atom. The Kier molecular flexibility index (Phi) is 4.86. The first-order chi connectivity index (χ1) is 14.1. The molecule has 0 saturated carbocycles. The van der Waals surface area contributed by atoms with Crippen molar-refractivity contribution in [1.82, 2.24) is 9.88 Å². The van der Waals surface area contributed by atoms with Crippen molar-refractivity contribution in [2.45, 2.75) is 31.2 Å². The minimum atomic E-state index is -0.366. The average molecular weight is 426 g/mol. The van der Waals surface area contributed by atoms with Crippen LogP contribution in [0.25, 0.3) is 10.2 Å². The lowest BCUT2D eigenvalue weighted by Gasteiger charge is -2.34. The zero-order valence-electron chi connectivity index (χ0n) is 15.8. The number of rotatable bonds is 3. The molecule has 7 heteroatoms. The molecule has 148 valence electrons. The molecule has 29 heavy (non-hydrogen) atoms.